The molecule has 572 valence electrons. The van der Waals surface area contributed by atoms with E-state index in [-0.39, 0.29) is 49.4 Å². The number of benzene rings is 4. The Kier molecular flexibility index (Phi) is 30.6. The number of thiol groups is 2. The average molecular weight is 1520 g/mol. The van der Waals surface area contributed by atoms with Gasteiger partial charge in [0.15, 0.2) is 0 Å². The second-order valence-electron chi connectivity index (χ2n) is 26.0. The summed E-state index contributed by atoms with van der Waals surface area (Å²) in [4.78, 5) is 194. The van der Waals surface area contributed by atoms with Crippen molar-refractivity contribution >= 4 is 124 Å². The fraction of sp³-hybridized carbons (Fsp3) is 0.380. The predicted octanol–water partition coefficient (Wildman–Crippen LogP) is -2.29. The molecule has 7 aromatic rings. The third kappa shape index (κ3) is 24.3. The molecule has 12 amide bonds. The van der Waals surface area contributed by atoms with E-state index in [1.165, 1.54) is 61.1 Å². The molecule has 36 heteroatoms. The van der Waals surface area contributed by atoms with Gasteiger partial charge in [0, 0.05) is 89.7 Å². The number of para-hydroxylation sites is 2. The third-order valence-corrected chi connectivity index (χ3v) is 18.0. The quantitative estimate of drug-likeness (QED) is 0.0180. The Bertz CT molecular complexity index is 4290. The lowest BCUT2D eigenvalue weighted by Crippen LogP contribution is -2.62. The minimum Gasteiger partial charge on any atom is -0.508 e. The molecule has 0 aliphatic carbocycles. The maximum atomic E-state index is 15.2. The number of aromatic nitrogens is 4. The summed E-state index contributed by atoms with van der Waals surface area (Å²) in [6.07, 6.45) is 3.60. The van der Waals surface area contributed by atoms with E-state index in [0.29, 0.717) is 49.8 Å². The average Bonchev–Trinajstić information content (AvgIpc) is 1.68. The van der Waals surface area contributed by atoms with Gasteiger partial charge in [-0.05, 0) is 70.5 Å². The molecule has 34 nitrogen and oxygen atoms in total. The number of carboxylic acids is 1. The lowest BCUT2D eigenvalue weighted by molar-refractivity contribution is -0.141. The number of imidazole rings is 1. The lowest BCUT2D eigenvalue weighted by atomic mass is 9.99. The van der Waals surface area contributed by atoms with Crippen molar-refractivity contribution in [3.63, 3.8) is 0 Å². The highest BCUT2D eigenvalue weighted by Crippen LogP contribution is 2.23. The highest BCUT2D eigenvalue weighted by Gasteiger charge is 2.39. The molecule has 22 N–H and O–H groups in total. The van der Waals surface area contributed by atoms with Gasteiger partial charge in [0.1, 0.15) is 71.9 Å². The first-order chi connectivity index (χ1) is 50.9. The number of aliphatic hydroxyl groups is 1. The Morgan fingerprint density at radius 3 is 1.25 bits per heavy atom. The number of hydrogen-bond donors (Lipinski definition) is 22. The van der Waals surface area contributed by atoms with E-state index in [4.69, 9.17) is 11.5 Å². The Morgan fingerprint density at radius 1 is 0.449 bits per heavy atom. The Balaban J connectivity index is 1.14. The van der Waals surface area contributed by atoms with Crippen LogP contribution in [0.1, 0.15) is 62.1 Å². The van der Waals surface area contributed by atoms with Crippen LogP contribution in [0.3, 0.4) is 0 Å². The van der Waals surface area contributed by atoms with E-state index in [1.54, 1.807) is 88.6 Å². The Morgan fingerprint density at radius 2 is 0.832 bits per heavy atom. The van der Waals surface area contributed by atoms with Gasteiger partial charge in [-0.1, -0.05) is 88.4 Å². The Labute approximate surface area is 624 Å². The number of aliphatic hydroxyl groups excluding tert-OH is 1. The second kappa shape index (κ2) is 39.6. The number of phenolic OH excluding ortho intramolecular Hbond substituents is 2. The number of hydrogen-bond acceptors (Lipinski definition) is 20. The van der Waals surface area contributed by atoms with E-state index >= 15 is 9.59 Å². The van der Waals surface area contributed by atoms with Crippen molar-refractivity contribution in [3.05, 3.63) is 150 Å². The van der Waals surface area contributed by atoms with Crippen LogP contribution in [0.2, 0.25) is 0 Å². The van der Waals surface area contributed by atoms with Crippen LogP contribution in [-0.4, -0.2) is 208 Å². The van der Waals surface area contributed by atoms with Crippen molar-refractivity contribution in [2.24, 2.45) is 23.3 Å². The Hall–Kier alpha value is -11.5. The molecular weight excluding hydrogens is 1430 g/mol. The van der Waals surface area contributed by atoms with Crippen molar-refractivity contribution < 1.29 is 82.8 Å². The van der Waals surface area contributed by atoms with Crippen LogP contribution in [0, 0.1) is 11.8 Å². The summed E-state index contributed by atoms with van der Waals surface area (Å²) in [6.45, 7) is 4.77. The number of aromatic hydroxyl groups is 2. The smallest absolute Gasteiger partial charge is 0.305 e. The van der Waals surface area contributed by atoms with Gasteiger partial charge >= 0.3 is 5.97 Å². The molecule has 0 aliphatic heterocycles. The first kappa shape index (κ1) is 82.8. The van der Waals surface area contributed by atoms with Crippen LogP contribution < -0.4 is 70.0 Å². The maximum Gasteiger partial charge on any atom is 0.305 e. The zero-order valence-electron chi connectivity index (χ0n) is 58.7. The van der Waals surface area contributed by atoms with Crippen LogP contribution >= 0.6 is 25.3 Å². The maximum absolute atomic E-state index is 15.2. The zero-order chi connectivity index (χ0) is 78.2. The van der Waals surface area contributed by atoms with Crippen molar-refractivity contribution in [2.45, 2.75) is 133 Å². The highest BCUT2D eigenvalue weighted by molar-refractivity contribution is 7.80. The summed E-state index contributed by atoms with van der Waals surface area (Å²) < 4.78 is 0. The van der Waals surface area contributed by atoms with Gasteiger partial charge in [-0.25, -0.2) is 4.98 Å². The van der Waals surface area contributed by atoms with E-state index in [2.05, 4.69) is 104 Å². The fourth-order valence-corrected chi connectivity index (χ4v) is 11.8. The first-order valence-electron chi connectivity index (χ1n) is 34.0. The molecule has 0 saturated carbocycles. The van der Waals surface area contributed by atoms with Crippen molar-refractivity contribution in [1.29, 1.82) is 0 Å². The number of carbonyl (C=O) groups excluding carboxylic acids is 12. The summed E-state index contributed by atoms with van der Waals surface area (Å²) >= 11 is 8.36. The van der Waals surface area contributed by atoms with Crippen LogP contribution in [-0.2, 0) is 94.4 Å². The summed E-state index contributed by atoms with van der Waals surface area (Å²) in [5.41, 5.74) is 14.5. The molecule has 11 atom stereocenters. The molecule has 3 heterocycles. The minimum atomic E-state index is -1.92. The monoisotopic (exact) mass is 1520 g/mol. The number of nitrogens with one attached hydrogen (secondary N) is 14. The molecule has 0 unspecified atom stereocenters. The fourth-order valence-electron chi connectivity index (χ4n) is 11.3. The number of fused-ring (bicyclic) bond motifs is 2. The van der Waals surface area contributed by atoms with Crippen LogP contribution in [0.5, 0.6) is 11.5 Å². The van der Waals surface area contributed by atoms with Crippen LogP contribution in [0.4, 0.5) is 0 Å². The lowest BCUT2D eigenvalue weighted by Gasteiger charge is -2.29. The first-order valence-corrected chi connectivity index (χ1v) is 35.2. The summed E-state index contributed by atoms with van der Waals surface area (Å²) in [7, 11) is 0. The number of primary amides is 1. The van der Waals surface area contributed by atoms with Gasteiger partial charge in [0.25, 0.3) is 0 Å². The van der Waals surface area contributed by atoms with Gasteiger partial charge in [-0.2, -0.15) is 25.3 Å². The van der Waals surface area contributed by atoms with Crippen molar-refractivity contribution in [1.82, 2.24) is 78.4 Å². The number of nitrogens with two attached hydrogens (primary N) is 2. The number of carbonyl (C=O) groups is 13. The topological polar surface area (TPSA) is 547 Å². The van der Waals surface area contributed by atoms with E-state index in [0.717, 1.165) is 0 Å². The molecule has 0 fully saturated rings. The van der Waals surface area contributed by atoms with Crippen molar-refractivity contribution in [2.75, 3.05) is 24.7 Å². The molecule has 0 aliphatic rings. The van der Waals surface area contributed by atoms with Gasteiger partial charge in [0.05, 0.1) is 31.9 Å². The number of carboxylic acid groups (broad SMARTS) is 1. The standard InChI is InChI=1S/C71H89N17O17S2/c1-35(2)59(70(104)84-49(62(96)77-30-57(73)92)21-37-13-17-42(90)18-14-37)88-67(101)53(25-41-29-74-34-78-41)82-64(98)51(23-39-27-75-47-11-7-5-9-44(39)47)80-63(97)50(22-38-15-19-43(91)20-16-38)79-69(103)56(33-107)86-71(105)60(36(3)4)87-66(100)52(24-40-28-76-48-12-8-6-10-45(40)48)81-65(99)54(26-58(93)94)83-68(102)55(31-89)85-61(95)46(72)32-106/h5-20,27-29,34-36,46,49-56,59-60,75-76,89-91,106-107H,21-26,30-33,72H2,1-4H3,(H2,73,92)(H,74,78)(H,77,96)(H,79,103)(H,80,97)(H,81,99)(H,82,98)(H,83,102)(H,84,104)(H,85,95)(H,86,105)(H,87,100)(H,88,101)(H,93,94)/t46-,49-,50-,51-,52-,53-,54-,55-,56-,59-,60-/m0/s1. The van der Waals surface area contributed by atoms with Gasteiger partial charge in [-0.15, -0.1) is 0 Å². The number of phenols is 2. The SMILES string of the molecule is CC(C)[C@H](NC(=O)[C@H](Cc1cnc[nH]1)NC(=O)[C@H](Cc1c[nH]c2ccccc12)NC(=O)[C@H](Cc1ccc(O)cc1)NC(=O)[C@H](CS)NC(=O)[C@@H](NC(=O)[C@H](Cc1c[nH]c2ccccc12)NC(=O)[C@H](CC(=O)O)NC(=O)[C@H](CO)NC(=O)[C@@H](N)CS)C(C)C)C(=O)N[C@@H](Cc1ccc(O)cc1)C(=O)NCC(N)=O. The number of aliphatic carboxylic acids is 1. The summed E-state index contributed by atoms with van der Waals surface area (Å²) in [6, 6.07) is 8.38. The third-order valence-electron chi connectivity index (χ3n) is 17.2. The van der Waals surface area contributed by atoms with Gasteiger partial charge < -0.3 is 105 Å². The largest absolute Gasteiger partial charge is 0.508 e. The van der Waals surface area contributed by atoms with E-state index in [9.17, 15) is 73.2 Å². The zero-order valence-corrected chi connectivity index (χ0v) is 60.5. The molecule has 0 spiro atoms. The van der Waals surface area contributed by atoms with Crippen molar-refractivity contribution in [3.8, 4) is 11.5 Å². The number of aromatic amines is 3. The molecule has 0 radical (unpaired) electrons. The molecule has 3 aromatic heterocycles. The van der Waals surface area contributed by atoms with Crippen LogP contribution in [0.15, 0.2) is 122 Å². The van der Waals surface area contributed by atoms with Gasteiger partial charge in [0.2, 0.25) is 70.9 Å². The molecule has 107 heavy (non-hydrogen) atoms. The van der Waals surface area contributed by atoms with Gasteiger partial charge in [-0.3, -0.25) is 62.3 Å². The highest BCUT2D eigenvalue weighted by atomic mass is 32.1. The minimum absolute atomic E-state index is 0.0647. The second-order valence-corrected chi connectivity index (χ2v) is 26.8. The molecule has 0 bridgehead atoms. The molecule has 0 saturated heterocycles. The van der Waals surface area contributed by atoms with E-state index in [1.807, 2.05) is 0 Å². The normalized spacial score (nSPS) is 14.4. The molecule has 7 rings (SSSR count). The number of nitrogens with zero attached hydrogens (tertiary/aromatic N) is 1. The van der Waals surface area contributed by atoms with E-state index < -0.39 is 180 Å². The molecule has 4 aromatic carbocycles. The van der Waals surface area contributed by atoms with Crippen LogP contribution in [0.25, 0.3) is 21.8 Å². The molecular formula is C71H89N17O17S2. The summed E-state index contributed by atoms with van der Waals surface area (Å²) in [5.74, 6) is -15.4. The summed E-state index contributed by atoms with van der Waals surface area (Å²) in [5, 5.41) is 69.3. The number of H-pyrrole nitrogens is 3. The number of amides is 12. The predicted molar refractivity (Wildman–Crippen MR) is 396 cm³/mol. The number of rotatable bonds is 40.